The van der Waals surface area contributed by atoms with E-state index in [0.29, 0.717) is 11.1 Å². The molecular weight excluding hydrogens is 549 g/mol. The van der Waals surface area contributed by atoms with Gasteiger partial charge < -0.3 is 9.44 Å². The molecule has 7 rings (SSSR count). The van der Waals surface area contributed by atoms with E-state index < -0.39 is 0 Å². The van der Waals surface area contributed by atoms with Crippen LogP contribution in [-0.4, -0.2) is 8.75 Å². The zero-order valence-electron chi connectivity index (χ0n) is 19.4. The molecule has 0 bridgehead atoms. The van der Waals surface area contributed by atoms with Gasteiger partial charge in [-0.05, 0) is 59.7 Å². The fourth-order valence-corrected chi connectivity index (χ4v) is 7.89. The Morgan fingerprint density at radius 1 is 0.605 bits per heavy atom. The molecular formula is C28H14N6S4. The van der Waals surface area contributed by atoms with E-state index in [-0.39, 0.29) is 0 Å². The molecule has 0 unspecified atom stereocenters. The maximum Gasteiger partial charge on any atom is 0.116 e. The number of rotatable bonds is 4. The van der Waals surface area contributed by atoms with Gasteiger partial charge in [-0.1, -0.05) is 24.3 Å². The highest BCUT2D eigenvalue weighted by molar-refractivity contribution is 8.02. The van der Waals surface area contributed by atoms with Crippen LogP contribution in [-0.2, 0) is 0 Å². The maximum absolute atomic E-state index is 9.31. The lowest BCUT2D eigenvalue weighted by Crippen LogP contribution is -1.90. The topological polar surface area (TPSA) is 97.4 Å². The Hall–Kier alpha value is -4.19. The van der Waals surface area contributed by atoms with Gasteiger partial charge in [0, 0.05) is 30.6 Å². The second kappa shape index (κ2) is 9.28. The van der Waals surface area contributed by atoms with Crippen LogP contribution in [0.2, 0.25) is 0 Å². The van der Waals surface area contributed by atoms with E-state index in [0.717, 1.165) is 64.2 Å². The van der Waals surface area contributed by atoms with E-state index >= 15 is 0 Å². The van der Waals surface area contributed by atoms with Crippen LogP contribution in [0.25, 0.3) is 52.8 Å². The Balaban J connectivity index is 1.37. The molecule has 3 aromatic carbocycles. The van der Waals surface area contributed by atoms with Gasteiger partial charge in [0.25, 0.3) is 0 Å². The Bertz CT molecular complexity index is 1810. The molecule has 0 aliphatic carbocycles. The van der Waals surface area contributed by atoms with Crippen LogP contribution >= 0.6 is 46.5 Å². The summed E-state index contributed by atoms with van der Waals surface area (Å²) in [5.41, 5.74) is 9.09. The van der Waals surface area contributed by atoms with E-state index in [9.17, 15) is 10.5 Å². The molecule has 4 heterocycles. The highest BCUT2D eigenvalue weighted by atomic mass is 32.2. The molecule has 0 spiro atoms. The lowest BCUT2D eigenvalue weighted by molar-refractivity contribution is 1.49. The summed E-state index contributed by atoms with van der Waals surface area (Å²) < 4.78 is 16.4. The van der Waals surface area contributed by atoms with Crippen molar-refractivity contribution in [1.29, 1.82) is 10.5 Å². The fraction of sp³-hybridized carbons (Fsp3) is 0. The van der Waals surface area contributed by atoms with Crippen LogP contribution in [0.3, 0.4) is 0 Å². The molecule has 1 aliphatic heterocycles. The standard InChI is InChI=1S/C28H14N6S4/c29-13-15-3-1-5-17(11-15)19-7-9-21(35-19)23-25-27(33-37-31-25)24(28-26(23)32-38-34-28)22-10-8-20(36-22)18-6-2-4-16(12-18)14-30/h1-12,31,33H. The molecule has 3 aromatic heterocycles. The number of anilines is 2. The predicted molar refractivity (Wildman–Crippen MR) is 159 cm³/mol. The highest BCUT2D eigenvalue weighted by Crippen LogP contribution is 2.54. The molecule has 6 aromatic rings. The molecule has 1 aliphatic rings. The first-order valence-corrected chi connectivity index (χ1v) is 14.6. The molecule has 10 heteroatoms. The van der Waals surface area contributed by atoms with Crippen LogP contribution in [0.5, 0.6) is 0 Å². The summed E-state index contributed by atoms with van der Waals surface area (Å²) >= 11 is 6.00. The number of thiophene rings is 2. The summed E-state index contributed by atoms with van der Waals surface area (Å²) in [6, 6.07) is 28.2. The third-order valence-electron chi connectivity index (χ3n) is 6.28. The summed E-state index contributed by atoms with van der Waals surface area (Å²) in [6.07, 6.45) is 0. The van der Waals surface area contributed by atoms with E-state index in [1.807, 2.05) is 48.5 Å². The van der Waals surface area contributed by atoms with Crippen molar-refractivity contribution in [2.45, 2.75) is 0 Å². The van der Waals surface area contributed by atoms with Gasteiger partial charge in [0.1, 0.15) is 11.0 Å². The molecule has 0 fully saturated rings. The number of benzene rings is 3. The van der Waals surface area contributed by atoms with Crippen molar-refractivity contribution >= 4 is 68.9 Å². The van der Waals surface area contributed by atoms with Crippen molar-refractivity contribution in [3.63, 3.8) is 0 Å². The SMILES string of the molecule is N#Cc1cccc(-c2ccc(-c3c4c(c(-c5ccc(-c6cccc(C#N)c6)s5)c5nsnc35)NSN4)s2)c1. The fourth-order valence-electron chi connectivity index (χ4n) is 4.55. The molecule has 6 nitrogen and oxygen atoms in total. The number of nitrogens with zero attached hydrogens (tertiary/aromatic N) is 4. The number of hydrogen-bond acceptors (Lipinski definition) is 10. The number of hydrogen-bond donors (Lipinski definition) is 2. The summed E-state index contributed by atoms with van der Waals surface area (Å²) in [7, 11) is 0. The summed E-state index contributed by atoms with van der Waals surface area (Å²) in [6.45, 7) is 0. The quantitative estimate of drug-likeness (QED) is 0.208. The van der Waals surface area contributed by atoms with Crippen molar-refractivity contribution in [1.82, 2.24) is 8.75 Å². The first kappa shape index (κ1) is 23.0. The normalized spacial score (nSPS) is 11.9. The van der Waals surface area contributed by atoms with Crippen molar-refractivity contribution in [3.8, 4) is 53.9 Å². The Kier molecular flexibility index (Phi) is 5.61. The number of nitrogens with one attached hydrogen (secondary N) is 2. The Morgan fingerprint density at radius 2 is 1.08 bits per heavy atom. The van der Waals surface area contributed by atoms with Crippen LogP contribution in [0.15, 0.2) is 72.8 Å². The first-order chi connectivity index (χ1) is 18.7. The van der Waals surface area contributed by atoms with E-state index in [1.54, 1.807) is 22.7 Å². The molecule has 0 atom stereocenters. The second-order valence-corrected chi connectivity index (χ2v) is 11.8. The van der Waals surface area contributed by atoms with Crippen molar-refractivity contribution < 1.29 is 0 Å². The summed E-state index contributed by atoms with van der Waals surface area (Å²) in [5, 5.41) is 18.6. The lowest BCUT2D eigenvalue weighted by atomic mass is 10.0. The number of aromatic nitrogens is 2. The van der Waals surface area contributed by atoms with Gasteiger partial charge >= 0.3 is 0 Å². The van der Waals surface area contributed by atoms with Gasteiger partial charge in [-0.15, -0.1) is 22.7 Å². The van der Waals surface area contributed by atoms with E-state index in [1.165, 1.54) is 23.9 Å². The largest absolute Gasteiger partial charge is 0.309 e. The van der Waals surface area contributed by atoms with Gasteiger partial charge in [0.2, 0.25) is 0 Å². The molecule has 2 N–H and O–H groups in total. The lowest BCUT2D eigenvalue weighted by Gasteiger charge is -2.11. The van der Waals surface area contributed by atoms with Crippen molar-refractivity contribution in [3.05, 3.63) is 83.9 Å². The molecule has 0 amide bonds. The van der Waals surface area contributed by atoms with E-state index in [4.69, 9.17) is 8.75 Å². The molecule has 0 radical (unpaired) electrons. The van der Waals surface area contributed by atoms with Gasteiger partial charge in [-0.3, -0.25) is 0 Å². The molecule has 0 saturated carbocycles. The van der Waals surface area contributed by atoms with Crippen LogP contribution in [0.1, 0.15) is 11.1 Å². The summed E-state index contributed by atoms with van der Waals surface area (Å²) in [4.78, 5) is 4.35. The second-order valence-electron chi connectivity index (χ2n) is 8.48. The highest BCUT2D eigenvalue weighted by Gasteiger charge is 2.29. The van der Waals surface area contributed by atoms with Gasteiger partial charge in [0.05, 0.1) is 58.5 Å². The zero-order chi connectivity index (χ0) is 25.6. The number of fused-ring (bicyclic) bond motifs is 2. The third-order valence-corrected chi connectivity index (χ3v) is 9.72. The van der Waals surface area contributed by atoms with Crippen molar-refractivity contribution in [2.75, 3.05) is 9.44 Å². The first-order valence-electron chi connectivity index (χ1n) is 11.4. The van der Waals surface area contributed by atoms with Gasteiger partial charge in [-0.2, -0.15) is 19.3 Å². The van der Waals surface area contributed by atoms with Crippen LogP contribution < -0.4 is 9.44 Å². The minimum absolute atomic E-state index is 0.644. The monoisotopic (exact) mass is 562 g/mol. The van der Waals surface area contributed by atoms with Gasteiger partial charge in [-0.25, -0.2) is 0 Å². The zero-order valence-corrected chi connectivity index (χ0v) is 22.6. The molecule has 38 heavy (non-hydrogen) atoms. The minimum atomic E-state index is 0.644. The predicted octanol–water partition coefficient (Wildman–Crippen LogP) is 8.63. The van der Waals surface area contributed by atoms with Crippen LogP contribution in [0, 0.1) is 22.7 Å². The molecule has 180 valence electrons. The Morgan fingerprint density at radius 3 is 1.55 bits per heavy atom. The molecule has 0 saturated heterocycles. The average molecular weight is 563 g/mol. The van der Waals surface area contributed by atoms with Crippen molar-refractivity contribution in [2.24, 2.45) is 0 Å². The van der Waals surface area contributed by atoms with Gasteiger partial charge in [0.15, 0.2) is 0 Å². The average Bonchev–Trinajstić information content (AvgIpc) is 3.78. The van der Waals surface area contributed by atoms with Crippen LogP contribution in [0.4, 0.5) is 11.4 Å². The minimum Gasteiger partial charge on any atom is -0.309 e. The maximum atomic E-state index is 9.31. The third kappa shape index (κ3) is 3.74. The smallest absolute Gasteiger partial charge is 0.116 e. The Labute approximate surface area is 234 Å². The number of nitriles is 2. The van der Waals surface area contributed by atoms with E-state index in [2.05, 4.69) is 45.8 Å². The summed E-state index contributed by atoms with van der Waals surface area (Å²) in [5.74, 6) is 0.